The van der Waals surface area contributed by atoms with Crippen LogP contribution in [-0.4, -0.2) is 0 Å². The number of benzene rings is 7. The lowest BCUT2D eigenvalue weighted by molar-refractivity contribution is 0.590. The van der Waals surface area contributed by atoms with Gasteiger partial charge < -0.3 is 9.32 Å². The minimum atomic E-state index is -0.213. The molecule has 2 nitrogen and oxygen atoms in total. The number of fused-ring (bicyclic) bond motifs is 10. The zero-order valence-corrected chi connectivity index (χ0v) is 32.2. The summed E-state index contributed by atoms with van der Waals surface area (Å²) in [6.07, 6.45) is 0. The third-order valence-corrected chi connectivity index (χ3v) is 12.4. The molecule has 0 N–H and O–H groups in total. The molecule has 264 valence electrons. The summed E-state index contributed by atoms with van der Waals surface area (Å²) in [4.78, 5) is 2.44. The van der Waals surface area contributed by atoms with Crippen molar-refractivity contribution >= 4 is 39.0 Å². The predicted octanol–water partition coefficient (Wildman–Crippen LogP) is 14.6. The van der Waals surface area contributed by atoms with Crippen molar-refractivity contribution in [2.75, 3.05) is 4.90 Å². The molecule has 2 aliphatic rings. The summed E-state index contributed by atoms with van der Waals surface area (Å²) in [5, 5.41) is 2.37. The van der Waals surface area contributed by atoms with Crippen LogP contribution in [0.4, 0.5) is 17.1 Å². The fourth-order valence-electron chi connectivity index (χ4n) is 9.36. The van der Waals surface area contributed by atoms with Crippen molar-refractivity contribution in [3.63, 3.8) is 0 Å². The number of hydrogen-bond acceptors (Lipinski definition) is 2. The van der Waals surface area contributed by atoms with Crippen LogP contribution in [0, 0.1) is 0 Å². The highest BCUT2D eigenvalue weighted by Gasteiger charge is 2.39. The van der Waals surface area contributed by atoms with E-state index in [0.717, 1.165) is 28.2 Å². The van der Waals surface area contributed by atoms with Crippen molar-refractivity contribution in [2.24, 2.45) is 0 Å². The van der Waals surface area contributed by atoms with Gasteiger partial charge in [0, 0.05) is 44.2 Å². The van der Waals surface area contributed by atoms with E-state index in [0.29, 0.717) is 0 Å². The van der Waals surface area contributed by atoms with Crippen molar-refractivity contribution in [3.8, 4) is 33.4 Å². The molecule has 54 heavy (non-hydrogen) atoms. The maximum atomic E-state index is 6.76. The molecule has 1 heterocycles. The summed E-state index contributed by atoms with van der Waals surface area (Å²) in [7, 11) is 0. The van der Waals surface area contributed by atoms with Crippen LogP contribution in [0.1, 0.15) is 76.3 Å². The molecule has 0 atom stereocenters. The summed E-state index contributed by atoms with van der Waals surface area (Å²) in [6.45, 7) is 16.3. The van der Waals surface area contributed by atoms with Crippen LogP contribution < -0.4 is 4.90 Å². The molecular weight excluding hydrogens is 655 g/mol. The second-order valence-corrected chi connectivity index (χ2v) is 17.4. The highest BCUT2D eigenvalue weighted by atomic mass is 16.3. The highest BCUT2D eigenvalue weighted by Crippen LogP contribution is 2.55. The Morgan fingerprint density at radius 2 is 1.06 bits per heavy atom. The van der Waals surface area contributed by atoms with Gasteiger partial charge in [0.25, 0.3) is 0 Å². The molecule has 0 radical (unpaired) electrons. The van der Waals surface area contributed by atoms with Crippen molar-refractivity contribution in [1.29, 1.82) is 0 Å². The fourth-order valence-corrected chi connectivity index (χ4v) is 9.36. The summed E-state index contributed by atoms with van der Waals surface area (Å²) >= 11 is 0. The first-order valence-electron chi connectivity index (χ1n) is 19.3. The lowest BCUT2D eigenvalue weighted by atomic mass is 9.82. The fraction of sp³-hybridized carbons (Fsp3) is 0.192. The maximum Gasteiger partial charge on any atom is 0.143 e. The van der Waals surface area contributed by atoms with E-state index in [1.807, 2.05) is 0 Å². The average molecular weight is 700 g/mol. The van der Waals surface area contributed by atoms with Gasteiger partial charge in [-0.3, -0.25) is 0 Å². The number of nitrogens with zero attached hydrogens (tertiary/aromatic N) is 1. The van der Waals surface area contributed by atoms with Crippen LogP contribution in [0.15, 0.2) is 150 Å². The SMILES string of the molecule is CC(C)(C)c1ccc2oc3c4c(ccc3c2c1)C(C)(C)c1cc(N(c2ccc(-c3ccccc3)cc2)c2ccc3c(c2)C(C)(C)c2ccccc2-3)ccc1-4. The number of hydrogen-bond donors (Lipinski definition) is 0. The maximum absolute atomic E-state index is 6.76. The Bertz CT molecular complexity index is 2790. The van der Waals surface area contributed by atoms with Crippen molar-refractivity contribution in [1.82, 2.24) is 0 Å². The molecule has 0 amide bonds. The molecular formula is C52H45NO. The third-order valence-electron chi connectivity index (χ3n) is 12.4. The molecule has 0 saturated heterocycles. The Balaban J connectivity index is 1.14. The smallest absolute Gasteiger partial charge is 0.143 e. The lowest BCUT2D eigenvalue weighted by Crippen LogP contribution is -2.18. The first-order valence-corrected chi connectivity index (χ1v) is 19.3. The van der Waals surface area contributed by atoms with E-state index in [2.05, 4.69) is 199 Å². The number of anilines is 3. The van der Waals surface area contributed by atoms with E-state index in [1.54, 1.807) is 0 Å². The van der Waals surface area contributed by atoms with E-state index in [-0.39, 0.29) is 16.2 Å². The first-order chi connectivity index (χ1) is 25.9. The molecule has 1 aromatic heterocycles. The van der Waals surface area contributed by atoms with E-state index < -0.39 is 0 Å². The van der Waals surface area contributed by atoms with Crippen LogP contribution in [0.25, 0.3) is 55.3 Å². The quantitative estimate of drug-likeness (QED) is 0.182. The largest absolute Gasteiger partial charge is 0.455 e. The number of furan rings is 1. The number of rotatable bonds is 4. The Hall–Kier alpha value is -5.86. The van der Waals surface area contributed by atoms with Crippen LogP contribution in [-0.2, 0) is 16.2 Å². The molecule has 2 heteroatoms. The molecule has 0 aliphatic heterocycles. The zero-order chi connectivity index (χ0) is 37.1. The Kier molecular flexibility index (Phi) is 6.87. The van der Waals surface area contributed by atoms with E-state index in [9.17, 15) is 0 Å². The van der Waals surface area contributed by atoms with Crippen LogP contribution in [0.2, 0.25) is 0 Å². The Morgan fingerprint density at radius 1 is 0.463 bits per heavy atom. The van der Waals surface area contributed by atoms with Gasteiger partial charge in [0.15, 0.2) is 0 Å². The topological polar surface area (TPSA) is 16.4 Å². The standard InChI is InChI=1S/C52H45NO/c1-50(2,3)34-19-28-47-42(29-34)40-26-27-44-48(49(40)54-47)41-25-23-37(31-46(41)52(44,6)7)53(35-20-17-33(18-21-35)32-13-9-8-10-14-32)36-22-24-39-38-15-11-12-16-43(38)51(4,5)45(39)30-36/h8-31H,1-7H3. The van der Waals surface area contributed by atoms with E-state index >= 15 is 0 Å². The molecule has 7 aromatic carbocycles. The van der Waals surface area contributed by atoms with Gasteiger partial charge in [-0.2, -0.15) is 0 Å². The highest BCUT2D eigenvalue weighted by molar-refractivity contribution is 6.12. The van der Waals surface area contributed by atoms with Crippen molar-refractivity contribution < 1.29 is 4.42 Å². The zero-order valence-electron chi connectivity index (χ0n) is 32.2. The van der Waals surface area contributed by atoms with E-state index in [1.165, 1.54) is 72.0 Å². The molecule has 0 unspecified atom stereocenters. The molecule has 8 aromatic rings. The summed E-state index contributed by atoms with van der Waals surface area (Å²) < 4.78 is 6.76. The second-order valence-electron chi connectivity index (χ2n) is 17.4. The molecule has 2 aliphatic carbocycles. The van der Waals surface area contributed by atoms with Crippen LogP contribution >= 0.6 is 0 Å². The Morgan fingerprint density at radius 3 is 1.78 bits per heavy atom. The minimum absolute atomic E-state index is 0.0613. The van der Waals surface area contributed by atoms with Crippen molar-refractivity contribution in [2.45, 2.75) is 64.7 Å². The summed E-state index contributed by atoms with van der Waals surface area (Å²) in [5.74, 6) is 0. The normalized spacial score (nSPS) is 14.9. The van der Waals surface area contributed by atoms with Gasteiger partial charge in [0.1, 0.15) is 11.2 Å². The Labute approximate surface area is 318 Å². The van der Waals surface area contributed by atoms with Gasteiger partial charge in [-0.05, 0) is 110 Å². The van der Waals surface area contributed by atoms with Crippen LogP contribution in [0.5, 0.6) is 0 Å². The second kappa shape index (κ2) is 11.3. The summed E-state index contributed by atoms with van der Waals surface area (Å²) in [6, 6.07) is 54.0. The molecule has 0 fully saturated rings. The van der Waals surface area contributed by atoms with Crippen molar-refractivity contribution in [3.05, 3.63) is 173 Å². The summed E-state index contributed by atoms with van der Waals surface area (Å²) in [5.41, 5.74) is 19.4. The first kappa shape index (κ1) is 32.8. The van der Waals surface area contributed by atoms with Gasteiger partial charge in [-0.25, -0.2) is 0 Å². The third kappa shape index (κ3) is 4.72. The van der Waals surface area contributed by atoms with Gasteiger partial charge in [0.05, 0.1) is 0 Å². The molecule has 0 saturated carbocycles. The van der Waals surface area contributed by atoms with Gasteiger partial charge in [-0.1, -0.05) is 146 Å². The lowest BCUT2D eigenvalue weighted by Gasteiger charge is -2.30. The molecule has 0 spiro atoms. The predicted molar refractivity (Wildman–Crippen MR) is 228 cm³/mol. The van der Waals surface area contributed by atoms with Gasteiger partial charge >= 0.3 is 0 Å². The molecule has 10 rings (SSSR count). The van der Waals surface area contributed by atoms with E-state index in [4.69, 9.17) is 4.42 Å². The molecule has 0 bridgehead atoms. The van der Waals surface area contributed by atoms with Gasteiger partial charge in [-0.15, -0.1) is 0 Å². The monoisotopic (exact) mass is 699 g/mol. The minimum Gasteiger partial charge on any atom is -0.455 e. The van der Waals surface area contributed by atoms with Crippen LogP contribution in [0.3, 0.4) is 0 Å². The van der Waals surface area contributed by atoms with Gasteiger partial charge in [0.2, 0.25) is 0 Å². The average Bonchev–Trinajstić information content (AvgIpc) is 3.74.